The maximum Gasteiger partial charge on any atom is 0.251 e. The standard InChI is InChI=1S/C12H20N2O/c1-12(9-13-14-11(12)15)8-7-10-5-3-2-4-6-10/h9-10H,2-8H2,1H3,(H,14,15). The van der Waals surface area contributed by atoms with Crippen LogP contribution in [0.2, 0.25) is 0 Å². The summed E-state index contributed by atoms with van der Waals surface area (Å²) in [6, 6.07) is 0. The Morgan fingerprint density at radius 1 is 1.47 bits per heavy atom. The molecule has 84 valence electrons. The fourth-order valence-electron chi connectivity index (χ4n) is 2.58. The molecule has 1 saturated carbocycles. The second-order valence-electron chi connectivity index (χ2n) is 5.16. The van der Waals surface area contributed by atoms with Crippen LogP contribution in [0.25, 0.3) is 0 Å². The molecule has 0 radical (unpaired) electrons. The number of hydrazone groups is 1. The highest BCUT2D eigenvalue weighted by Crippen LogP contribution is 2.32. The van der Waals surface area contributed by atoms with E-state index in [9.17, 15) is 4.79 Å². The van der Waals surface area contributed by atoms with Gasteiger partial charge in [-0.05, 0) is 25.7 Å². The molecule has 1 heterocycles. The Labute approximate surface area is 91.3 Å². The van der Waals surface area contributed by atoms with Gasteiger partial charge in [-0.25, -0.2) is 5.43 Å². The van der Waals surface area contributed by atoms with Crippen molar-refractivity contribution in [2.24, 2.45) is 16.4 Å². The summed E-state index contributed by atoms with van der Waals surface area (Å²) in [4.78, 5) is 11.5. The molecule has 0 aromatic rings. The zero-order valence-corrected chi connectivity index (χ0v) is 9.46. The van der Waals surface area contributed by atoms with E-state index in [4.69, 9.17) is 0 Å². The predicted molar refractivity (Wildman–Crippen MR) is 60.6 cm³/mol. The summed E-state index contributed by atoms with van der Waals surface area (Å²) in [7, 11) is 0. The molecule has 0 spiro atoms. The van der Waals surface area contributed by atoms with Crippen LogP contribution in [0.15, 0.2) is 5.10 Å². The maximum absolute atomic E-state index is 11.5. The Kier molecular flexibility index (Phi) is 3.08. The Morgan fingerprint density at radius 3 is 2.80 bits per heavy atom. The molecule has 0 aromatic heterocycles. The van der Waals surface area contributed by atoms with Crippen molar-refractivity contribution in [1.82, 2.24) is 5.43 Å². The van der Waals surface area contributed by atoms with Crippen LogP contribution in [0.3, 0.4) is 0 Å². The molecule has 2 aliphatic rings. The Hall–Kier alpha value is -0.860. The molecule has 1 atom stereocenters. The van der Waals surface area contributed by atoms with E-state index < -0.39 is 0 Å². The smallest absolute Gasteiger partial charge is 0.251 e. The minimum atomic E-state index is -0.336. The molecular weight excluding hydrogens is 188 g/mol. The Balaban J connectivity index is 1.81. The normalized spacial score (nSPS) is 31.9. The fourth-order valence-corrected chi connectivity index (χ4v) is 2.58. The molecule has 3 heteroatoms. The number of amides is 1. The third kappa shape index (κ3) is 2.39. The summed E-state index contributed by atoms with van der Waals surface area (Å²) in [5.41, 5.74) is 2.19. The largest absolute Gasteiger partial charge is 0.272 e. The first-order chi connectivity index (χ1) is 7.21. The average molecular weight is 208 g/mol. The molecule has 15 heavy (non-hydrogen) atoms. The fraction of sp³-hybridized carbons (Fsp3) is 0.833. The maximum atomic E-state index is 11.5. The highest BCUT2D eigenvalue weighted by molar-refractivity contribution is 6.01. The zero-order chi connectivity index (χ0) is 10.7. The van der Waals surface area contributed by atoms with Gasteiger partial charge in [0.1, 0.15) is 0 Å². The summed E-state index contributed by atoms with van der Waals surface area (Å²) in [5.74, 6) is 0.913. The van der Waals surface area contributed by atoms with E-state index in [1.54, 1.807) is 6.21 Å². The molecule has 1 aliphatic carbocycles. The lowest BCUT2D eigenvalue weighted by molar-refractivity contribution is -0.125. The molecule has 0 bridgehead atoms. The highest BCUT2D eigenvalue weighted by Gasteiger charge is 2.35. The number of carbonyl (C=O) groups is 1. The van der Waals surface area contributed by atoms with Crippen molar-refractivity contribution in [2.75, 3.05) is 0 Å². The van der Waals surface area contributed by atoms with Crippen LogP contribution in [0.4, 0.5) is 0 Å². The molecule has 1 unspecified atom stereocenters. The summed E-state index contributed by atoms with van der Waals surface area (Å²) in [6.07, 6.45) is 10.8. The Bertz CT molecular complexity index is 269. The quantitative estimate of drug-likeness (QED) is 0.760. The van der Waals surface area contributed by atoms with Crippen molar-refractivity contribution in [3.63, 3.8) is 0 Å². The van der Waals surface area contributed by atoms with E-state index in [0.717, 1.165) is 12.3 Å². The van der Waals surface area contributed by atoms with Crippen molar-refractivity contribution in [2.45, 2.75) is 51.9 Å². The van der Waals surface area contributed by atoms with E-state index in [1.165, 1.54) is 38.5 Å². The van der Waals surface area contributed by atoms with Crippen LogP contribution in [-0.2, 0) is 4.79 Å². The van der Waals surface area contributed by atoms with E-state index in [2.05, 4.69) is 10.5 Å². The minimum Gasteiger partial charge on any atom is -0.272 e. The SMILES string of the molecule is CC1(CCC2CCCCC2)C=NNC1=O. The van der Waals surface area contributed by atoms with E-state index in [1.807, 2.05) is 6.92 Å². The molecule has 1 fully saturated rings. The number of nitrogens with one attached hydrogen (secondary N) is 1. The van der Waals surface area contributed by atoms with Gasteiger partial charge in [-0.3, -0.25) is 4.79 Å². The average Bonchev–Trinajstić information content (AvgIpc) is 2.59. The van der Waals surface area contributed by atoms with Crippen molar-refractivity contribution < 1.29 is 4.79 Å². The van der Waals surface area contributed by atoms with Gasteiger partial charge in [-0.15, -0.1) is 0 Å². The zero-order valence-electron chi connectivity index (χ0n) is 9.46. The van der Waals surface area contributed by atoms with Crippen LogP contribution in [0, 0.1) is 11.3 Å². The highest BCUT2D eigenvalue weighted by atomic mass is 16.2. The van der Waals surface area contributed by atoms with Crippen LogP contribution >= 0.6 is 0 Å². The number of rotatable bonds is 3. The van der Waals surface area contributed by atoms with Crippen LogP contribution in [0.5, 0.6) is 0 Å². The molecule has 1 N–H and O–H groups in total. The van der Waals surface area contributed by atoms with Gasteiger partial charge in [-0.2, -0.15) is 5.10 Å². The van der Waals surface area contributed by atoms with Gasteiger partial charge in [0.25, 0.3) is 5.91 Å². The molecule has 3 nitrogen and oxygen atoms in total. The number of carbonyl (C=O) groups excluding carboxylic acids is 1. The van der Waals surface area contributed by atoms with E-state index >= 15 is 0 Å². The van der Waals surface area contributed by atoms with E-state index in [0.29, 0.717) is 0 Å². The van der Waals surface area contributed by atoms with Gasteiger partial charge in [0.15, 0.2) is 0 Å². The molecular formula is C12H20N2O. The molecule has 0 saturated heterocycles. The minimum absolute atomic E-state index is 0.0679. The first-order valence-electron chi connectivity index (χ1n) is 6.05. The monoisotopic (exact) mass is 208 g/mol. The third-order valence-corrected chi connectivity index (χ3v) is 3.83. The van der Waals surface area contributed by atoms with Crippen molar-refractivity contribution in [1.29, 1.82) is 0 Å². The van der Waals surface area contributed by atoms with Gasteiger partial charge >= 0.3 is 0 Å². The topological polar surface area (TPSA) is 41.5 Å². The lowest BCUT2D eigenvalue weighted by atomic mass is 9.79. The molecule has 2 rings (SSSR count). The lowest BCUT2D eigenvalue weighted by Crippen LogP contribution is -2.31. The van der Waals surface area contributed by atoms with E-state index in [-0.39, 0.29) is 11.3 Å². The Morgan fingerprint density at radius 2 is 2.20 bits per heavy atom. The van der Waals surface area contributed by atoms with Crippen molar-refractivity contribution >= 4 is 12.1 Å². The summed E-state index contributed by atoms with van der Waals surface area (Å²) < 4.78 is 0. The first-order valence-corrected chi connectivity index (χ1v) is 6.05. The summed E-state index contributed by atoms with van der Waals surface area (Å²) in [5, 5.41) is 3.86. The number of hydrogen-bond donors (Lipinski definition) is 1. The summed E-state index contributed by atoms with van der Waals surface area (Å²) >= 11 is 0. The third-order valence-electron chi connectivity index (χ3n) is 3.83. The molecule has 1 aliphatic heterocycles. The van der Waals surface area contributed by atoms with Crippen molar-refractivity contribution in [3.05, 3.63) is 0 Å². The summed E-state index contributed by atoms with van der Waals surface area (Å²) in [6.45, 7) is 1.99. The van der Waals surface area contributed by atoms with Crippen LogP contribution < -0.4 is 5.43 Å². The predicted octanol–water partition coefficient (Wildman–Crippen LogP) is 2.47. The van der Waals surface area contributed by atoms with Gasteiger partial charge in [-0.1, -0.05) is 32.1 Å². The van der Waals surface area contributed by atoms with Gasteiger partial charge in [0.05, 0.1) is 5.41 Å². The molecule has 1 amide bonds. The van der Waals surface area contributed by atoms with Gasteiger partial charge in [0.2, 0.25) is 0 Å². The van der Waals surface area contributed by atoms with Crippen LogP contribution in [-0.4, -0.2) is 12.1 Å². The second kappa shape index (κ2) is 4.33. The number of hydrogen-bond acceptors (Lipinski definition) is 2. The van der Waals surface area contributed by atoms with Gasteiger partial charge in [0, 0.05) is 6.21 Å². The number of nitrogens with zero attached hydrogens (tertiary/aromatic N) is 1. The first kappa shape index (κ1) is 10.7. The van der Waals surface area contributed by atoms with Crippen molar-refractivity contribution in [3.8, 4) is 0 Å². The van der Waals surface area contributed by atoms with Gasteiger partial charge < -0.3 is 0 Å². The van der Waals surface area contributed by atoms with Crippen LogP contribution in [0.1, 0.15) is 51.9 Å². The second-order valence-corrected chi connectivity index (χ2v) is 5.16. The lowest BCUT2D eigenvalue weighted by Gasteiger charge is -2.25. The molecule has 0 aromatic carbocycles.